The minimum atomic E-state index is 0.277. The number of hydrogen-bond acceptors (Lipinski definition) is 3. The first-order valence-electron chi connectivity index (χ1n) is 7.43. The summed E-state index contributed by atoms with van der Waals surface area (Å²) in [6.07, 6.45) is 10.5. The Bertz CT molecular complexity index is 265. The topological polar surface area (TPSA) is 38.5 Å². The minimum Gasteiger partial charge on any atom is -0.375 e. The number of nitrogens with two attached hydrogens (primary N) is 1. The molecule has 2 aliphatic heterocycles. The van der Waals surface area contributed by atoms with E-state index < -0.39 is 0 Å². The van der Waals surface area contributed by atoms with Crippen LogP contribution in [-0.2, 0) is 4.74 Å². The Labute approximate surface area is 105 Å². The van der Waals surface area contributed by atoms with E-state index in [0.717, 1.165) is 19.2 Å². The Hall–Kier alpha value is -0.120. The molecule has 2 saturated heterocycles. The summed E-state index contributed by atoms with van der Waals surface area (Å²) >= 11 is 0. The highest BCUT2D eigenvalue weighted by Crippen LogP contribution is 2.44. The van der Waals surface area contributed by atoms with Crippen molar-refractivity contribution in [1.82, 2.24) is 4.90 Å². The van der Waals surface area contributed by atoms with Gasteiger partial charge in [0.2, 0.25) is 0 Å². The van der Waals surface area contributed by atoms with Gasteiger partial charge in [0.1, 0.15) is 0 Å². The third-order valence-electron chi connectivity index (χ3n) is 5.15. The SMILES string of the molecule is NCC1CCCCN1C1CCOC2(CCC2)C1. The van der Waals surface area contributed by atoms with Crippen LogP contribution in [-0.4, -0.2) is 42.3 Å². The summed E-state index contributed by atoms with van der Waals surface area (Å²) in [5.74, 6) is 0. The molecular weight excluding hydrogens is 212 g/mol. The lowest BCUT2D eigenvalue weighted by molar-refractivity contribution is -0.153. The number of piperidine rings is 1. The molecule has 3 nitrogen and oxygen atoms in total. The van der Waals surface area contributed by atoms with Crippen LogP contribution in [0.15, 0.2) is 0 Å². The van der Waals surface area contributed by atoms with Gasteiger partial charge in [0, 0.05) is 25.2 Å². The van der Waals surface area contributed by atoms with Gasteiger partial charge >= 0.3 is 0 Å². The van der Waals surface area contributed by atoms with Gasteiger partial charge < -0.3 is 10.5 Å². The van der Waals surface area contributed by atoms with Gasteiger partial charge in [-0.1, -0.05) is 6.42 Å². The molecule has 0 aromatic heterocycles. The summed E-state index contributed by atoms with van der Waals surface area (Å²) in [5, 5.41) is 0. The second-order valence-electron chi connectivity index (χ2n) is 6.15. The molecule has 98 valence electrons. The number of rotatable bonds is 2. The second kappa shape index (κ2) is 4.87. The fraction of sp³-hybridized carbons (Fsp3) is 1.00. The highest BCUT2D eigenvalue weighted by molar-refractivity contribution is 4.98. The summed E-state index contributed by atoms with van der Waals surface area (Å²) < 4.78 is 6.03. The zero-order chi connectivity index (χ0) is 11.7. The maximum Gasteiger partial charge on any atom is 0.0697 e. The molecule has 0 aromatic carbocycles. The highest BCUT2D eigenvalue weighted by Gasteiger charge is 2.44. The van der Waals surface area contributed by atoms with Crippen molar-refractivity contribution in [1.29, 1.82) is 0 Å². The number of ether oxygens (including phenoxy) is 1. The molecule has 0 radical (unpaired) electrons. The number of likely N-dealkylation sites (tertiary alicyclic amines) is 1. The summed E-state index contributed by atoms with van der Waals surface area (Å²) in [4.78, 5) is 2.71. The zero-order valence-electron chi connectivity index (χ0n) is 10.9. The van der Waals surface area contributed by atoms with Crippen LogP contribution in [0, 0.1) is 0 Å². The summed E-state index contributed by atoms with van der Waals surface area (Å²) in [6, 6.07) is 1.39. The maximum absolute atomic E-state index is 6.03. The Balaban J connectivity index is 1.65. The number of hydrogen-bond donors (Lipinski definition) is 1. The quantitative estimate of drug-likeness (QED) is 0.798. The van der Waals surface area contributed by atoms with Crippen molar-refractivity contribution in [2.24, 2.45) is 5.73 Å². The van der Waals surface area contributed by atoms with Crippen molar-refractivity contribution in [2.45, 2.75) is 69.1 Å². The fourth-order valence-electron chi connectivity index (χ4n) is 3.96. The third-order valence-corrected chi connectivity index (χ3v) is 5.15. The lowest BCUT2D eigenvalue weighted by Crippen LogP contribution is -2.56. The van der Waals surface area contributed by atoms with Crippen LogP contribution >= 0.6 is 0 Å². The maximum atomic E-state index is 6.03. The van der Waals surface area contributed by atoms with Crippen LogP contribution in [0.5, 0.6) is 0 Å². The minimum absolute atomic E-state index is 0.277. The Kier molecular flexibility index (Phi) is 3.42. The standard InChI is InChI=1S/C14H26N2O/c15-11-13-4-1-2-8-16(13)12-5-9-17-14(10-12)6-3-7-14/h12-13H,1-11,15H2. The van der Waals surface area contributed by atoms with Gasteiger partial charge in [-0.05, 0) is 51.5 Å². The average molecular weight is 238 g/mol. The predicted molar refractivity (Wildman–Crippen MR) is 69.0 cm³/mol. The van der Waals surface area contributed by atoms with E-state index in [1.807, 2.05) is 0 Å². The van der Waals surface area contributed by atoms with Gasteiger partial charge in [0.25, 0.3) is 0 Å². The van der Waals surface area contributed by atoms with Gasteiger partial charge in [0.05, 0.1) is 5.60 Å². The lowest BCUT2D eigenvalue weighted by Gasteiger charge is -2.51. The molecule has 2 atom stereocenters. The van der Waals surface area contributed by atoms with Gasteiger partial charge in [-0.25, -0.2) is 0 Å². The lowest BCUT2D eigenvalue weighted by atomic mass is 9.73. The summed E-state index contributed by atoms with van der Waals surface area (Å²) in [7, 11) is 0. The van der Waals surface area contributed by atoms with E-state index in [4.69, 9.17) is 10.5 Å². The van der Waals surface area contributed by atoms with E-state index in [2.05, 4.69) is 4.90 Å². The van der Waals surface area contributed by atoms with E-state index >= 15 is 0 Å². The first kappa shape index (κ1) is 11.9. The van der Waals surface area contributed by atoms with Crippen molar-refractivity contribution >= 4 is 0 Å². The van der Waals surface area contributed by atoms with E-state index in [1.165, 1.54) is 57.9 Å². The molecule has 1 spiro atoms. The van der Waals surface area contributed by atoms with Crippen LogP contribution < -0.4 is 5.73 Å². The third kappa shape index (κ3) is 2.25. The van der Waals surface area contributed by atoms with Gasteiger partial charge in [0.15, 0.2) is 0 Å². The molecule has 1 aliphatic carbocycles. The normalized spacial score (nSPS) is 37.9. The monoisotopic (exact) mass is 238 g/mol. The molecule has 0 bridgehead atoms. The van der Waals surface area contributed by atoms with Gasteiger partial charge in [-0.2, -0.15) is 0 Å². The molecular formula is C14H26N2O. The smallest absolute Gasteiger partial charge is 0.0697 e. The predicted octanol–water partition coefficient (Wildman–Crippen LogP) is 1.90. The van der Waals surface area contributed by atoms with E-state index in [-0.39, 0.29) is 5.60 Å². The van der Waals surface area contributed by atoms with E-state index in [0.29, 0.717) is 6.04 Å². The zero-order valence-corrected chi connectivity index (χ0v) is 10.9. The fourth-order valence-corrected chi connectivity index (χ4v) is 3.96. The average Bonchev–Trinajstić information content (AvgIpc) is 2.37. The van der Waals surface area contributed by atoms with Crippen molar-refractivity contribution < 1.29 is 4.74 Å². The molecule has 2 N–H and O–H groups in total. The molecule has 2 unspecified atom stereocenters. The van der Waals surface area contributed by atoms with E-state index in [9.17, 15) is 0 Å². The van der Waals surface area contributed by atoms with Crippen molar-refractivity contribution in [3.8, 4) is 0 Å². The molecule has 3 fully saturated rings. The van der Waals surface area contributed by atoms with Gasteiger partial charge in [-0.3, -0.25) is 4.90 Å². The Morgan fingerprint density at radius 1 is 1.18 bits per heavy atom. The summed E-state index contributed by atoms with van der Waals surface area (Å²) in [5.41, 5.74) is 6.22. The first-order valence-corrected chi connectivity index (χ1v) is 7.43. The van der Waals surface area contributed by atoms with Crippen molar-refractivity contribution in [3.63, 3.8) is 0 Å². The van der Waals surface area contributed by atoms with E-state index in [1.54, 1.807) is 0 Å². The molecule has 2 heterocycles. The van der Waals surface area contributed by atoms with Crippen molar-refractivity contribution in [3.05, 3.63) is 0 Å². The Morgan fingerprint density at radius 2 is 2.06 bits per heavy atom. The van der Waals surface area contributed by atoms with Gasteiger partial charge in [-0.15, -0.1) is 0 Å². The van der Waals surface area contributed by atoms with Crippen molar-refractivity contribution in [2.75, 3.05) is 19.7 Å². The molecule has 1 saturated carbocycles. The van der Waals surface area contributed by atoms with Crippen LogP contribution in [0.25, 0.3) is 0 Å². The largest absolute Gasteiger partial charge is 0.375 e. The van der Waals surface area contributed by atoms with Crippen LogP contribution in [0.3, 0.4) is 0 Å². The first-order chi connectivity index (χ1) is 8.33. The molecule has 0 aromatic rings. The molecule has 3 aliphatic rings. The van der Waals surface area contributed by atoms with Crippen LogP contribution in [0.1, 0.15) is 51.4 Å². The molecule has 3 heteroatoms. The van der Waals surface area contributed by atoms with Crippen LogP contribution in [0.2, 0.25) is 0 Å². The summed E-state index contributed by atoms with van der Waals surface area (Å²) in [6.45, 7) is 3.07. The highest BCUT2D eigenvalue weighted by atomic mass is 16.5. The molecule has 3 rings (SSSR count). The van der Waals surface area contributed by atoms with Crippen LogP contribution in [0.4, 0.5) is 0 Å². The molecule has 0 amide bonds. The number of nitrogens with zero attached hydrogens (tertiary/aromatic N) is 1. The molecule has 17 heavy (non-hydrogen) atoms. The second-order valence-corrected chi connectivity index (χ2v) is 6.15. The Morgan fingerprint density at radius 3 is 2.76 bits per heavy atom.